The van der Waals surface area contributed by atoms with Crippen molar-refractivity contribution in [1.82, 2.24) is 21.3 Å². The smallest absolute Gasteiger partial charge is 0.408 e. The molecule has 0 bridgehead atoms. The summed E-state index contributed by atoms with van der Waals surface area (Å²) in [5.74, 6) is -5.17. The van der Waals surface area contributed by atoms with Crippen molar-refractivity contribution in [3.8, 4) is 0 Å². The minimum absolute atomic E-state index is 0.403. The molecule has 0 aromatic heterocycles. The molecule has 4 heterocycles. The molecule has 12 atom stereocenters. The lowest BCUT2D eigenvalue weighted by molar-refractivity contribution is -0.220. The third kappa shape index (κ3) is 10.3. The third-order valence-electron chi connectivity index (χ3n) is 8.74. The maximum atomic E-state index is 13.5. The van der Waals surface area contributed by atoms with Crippen LogP contribution in [0.15, 0.2) is 0 Å². The standard InChI is InChI=1S/C33H54N4O15/c1-14(26(41)37-17(13-19(39)40)21-23(45-11)25-29(47-21)51-33(8,9)49-25)34-18(38)12-16(36-27(42)15(2)35-30(43)52-31(3,4)5)20-22(44-10)24-28(46-20)50-32(6,7)48-24/h14-17,20-25,28-29H,12-13H2,1-11H3,(H,34,38)(H,35,43)(H,36,42)(H,37,41)(H,39,40)/t14-,15-,16+,17+,20+,21+,22+,23+,24+,25+,28+,29+/m0/s1. The lowest BCUT2D eigenvalue weighted by Gasteiger charge is -2.32. The summed E-state index contributed by atoms with van der Waals surface area (Å²) >= 11 is 0. The number of nitrogens with one attached hydrogen (secondary N) is 4. The number of ether oxygens (including phenoxy) is 9. The Morgan fingerprint density at radius 1 is 0.692 bits per heavy atom. The first-order valence-corrected chi connectivity index (χ1v) is 17.2. The highest BCUT2D eigenvalue weighted by Gasteiger charge is 2.58. The molecule has 4 rings (SSSR count). The molecule has 0 radical (unpaired) electrons. The van der Waals surface area contributed by atoms with Gasteiger partial charge >= 0.3 is 12.1 Å². The molecular weight excluding hydrogens is 692 g/mol. The van der Waals surface area contributed by atoms with Crippen molar-refractivity contribution in [1.29, 1.82) is 0 Å². The summed E-state index contributed by atoms with van der Waals surface area (Å²) in [4.78, 5) is 64.4. The van der Waals surface area contributed by atoms with Gasteiger partial charge in [0.2, 0.25) is 17.7 Å². The first-order chi connectivity index (χ1) is 24.0. The van der Waals surface area contributed by atoms with Crippen molar-refractivity contribution < 1.29 is 71.7 Å². The molecule has 4 aliphatic rings. The van der Waals surface area contributed by atoms with Crippen LogP contribution >= 0.6 is 0 Å². The number of rotatable bonds is 14. The highest BCUT2D eigenvalue weighted by molar-refractivity contribution is 5.89. The van der Waals surface area contributed by atoms with Crippen LogP contribution in [0, 0.1) is 0 Å². The number of amides is 4. The number of hydrogen-bond acceptors (Lipinski definition) is 14. The number of carbonyl (C=O) groups is 5. The molecule has 296 valence electrons. The van der Waals surface area contributed by atoms with Gasteiger partial charge in [-0.2, -0.15) is 0 Å². The molecule has 0 aliphatic carbocycles. The fourth-order valence-corrected chi connectivity index (χ4v) is 6.61. The Hall–Kier alpha value is -3.17. The topological polar surface area (TPSA) is 237 Å². The maximum absolute atomic E-state index is 13.5. The Balaban J connectivity index is 1.44. The maximum Gasteiger partial charge on any atom is 0.408 e. The number of carboxylic acids is 1. The molecule has 0 saturated carbocycles. The van der Waals surface area contributed by atoms with Gasteiger partial charge in [0, 0.05) is 20.6 Å². The van der Waals surface area contributed by atoms with E-state index >= 15 is 0 Å². The molecule has 4 fully saturated rings. The van der Waals surface area contributed by atoms with Gasteiger partial charge in [0.15, 0.2) is 24.2 Å². The molecule has 0 aromatic carbocycles. The zero-order valence-corrected chi connectivity index (χ0v) is 31.5. The van der Waals surface area contributed by atoms with Gasteiger partial charge in [0.1, 0.15) is 54.3 Å². The van der Waals surface area contributed by atoms with Crippen molar-refractivity contribution in [3.05, 3.63) is 0 Å². The second-order valence-corrected chi connectivity index (χ2v) is 15.2. The summed E-state index contributed by atoms with van der Waals surface area (Å²) in [6, 6.07) is -4.40. The highest BCUT2D eigenvalue weighted by Crippen LogP contribution is 2.41. The Morgan fingerprint density at radius 3 is 1.52 bits per heavy atom. The zero-order valence-electron chi connectivity index (χ0n) is 31.5. The lowest BCUT2D eigenvalue weighted by Crippen LogP contribution is -2.57. The van der Waals surface area contributed by atoms with Crippen LogP contribution in [0.25, 0.3) is 0 Å². The van der Waals surface area contributed by atoms with Crippen molar-refractivity contribution in [2.24, 2.45) is 0 Å². The average Bonchev–Trinajstić information content (AvgIpc) is 3.68. The normalized spacial score (nSPS) is 32.4. The van der Waals surface area contributed by atoms with Crippen molar-refractivity contribution in [3.63, 3.8) is 0 Å². The Bertz CT molecular complexity index is 1340. The van der Waals surface area contributed by atoms with E-state index in [1.54, 1.807) is 48.5 Å². The molecule has 52 heavy (non-hydrogen) atoms. The lowest BCUT2D eigenvalue weighted by atomic mass is 9.99. The van der Waals surface area contributed by atoms with Crippen molar-refractivity contribution >= 4 is 29.8 Å². The van der Waals surface area contributed by atoms with Gasteiger partial charge in [0.25, 0.3) is 0 Å². The summed E-state index contributed by atoms with van der Waals surface area (Å²) in [5.41, 5.74) is -0.804. The van der Waals surface area contributed by atoms with Crippen LogP contribution in [0.2, 0.25) is 0 Å². The van der Waals surface area contributed by atoms with E-state index < -0.39 is 133 Å². The Morgan fingerprint density at radius 2 is 1.12 bits per heavy atom. The number of fused-ring (bicyclic) bond motifs is 2. The van der Waals surface area contributed by atoms with E-state index in [0.29, 0.717) is 0 Å². The van der Waals surface area contributed by atoms with Crippen LogP contribution in [0.1, 0.15) is 75.2 Å². The summed E-state index contributed by atoms with van der Waals surface area (Å²) in [6.07, 6.45) is -8.26. The molecule has 0 aromatic rings. The number of methoxy groups -OCH3 is 2. The molecule has 4 saturated heterocycles. The number of carbonyl (C=O) groups excluding carboxylic acids is 4. The van der Waals surface area contributed by atoms with Crippen LogP contribution in [0.4, 0.5) is 4.79 Å². The van der Waals surface area contributed by atoms with E-state index in [1.807, 2.05) is 0 Å². The monoisotopic (exact) mass is 746 g/mol. The van der Waals surface area contributed by atoms with Crippen LogP contribution in [-0.2, 0) is 61.8 Å². The molecule has 4 aliphatic heterocycles. The van der Waals surface area contributed by atoms with Gasteiger partial charge in [-0.25, -0.2) is 4.79 Å². The summed E-state index contributed by atoms with van der Waals surface area (Å²) in [6.45, 7) is 14.7. The molecule has 0 spiro atoms. The van der Waals surface area contributed by atoms with E-state index in [4.69, 9.17) is 42.6 Å². The van der Waals surface area contributed by atoms with E-state index in [0.717, 1.165) is 0 Å². The zero-order chi connectivity index (χ0) is 38.9. The third-order valence-corrected chi connectivity index (χ3v) is 8.74. The van der Waals surface area contributed by atoms with Gasteiger partial charge in [-0.05, 0) is 62.3 Å². The fraction of sp³-hybridized carbons (Fsp3) is 0.848. The van der Waals surface area contributed by atoms with E-state index in [-0.39, 0.29) is 0 Å². The predicted molar refractivity (Wildman–Crippen MR) is 176 cm³/mol. The van der Waals surface area contributed by atoms with Crippen molar-refractivity contribution in [2.45, 2.75) is 166 Å². The summed E-state index contributed by atoms with van der Waals surface area (Å²) < 4.78 is 52.1. The van der Waals surface area contributed by atoms with Crippen LogP contribution in [-0.4, -0.2) is 140 Å². The highest BCUT2D eigenvalue weighted by atomic mass is 16.9. The minimum atomic E-state index is -1.21. The minimum Gasteiger partial charge on any atom is -0.481 e. The van der Waals surface area contributed by atoms with E-state index in [1.165, 1.54) is 28.1 Å². The Labute approximate surface area is 302 Å². The predicted octanol–water partition coefficient (Wildman–Crippen LogP) is 0.0215. The first-order valence-electron chi connectivity index (χ1n) is 17.2. The summed E-state index contributed by atoms with van der Waals surface area (Å²) in [5, 5.41) is 20.1. The molecule has 0 unspecified atom stereocenters. The number of hydrogen-bond donors (Lipinski definition) is 5. The van der Waals surface area contributed by atoms with Crippen LogP contribution < -0.4 is 21.3 Å². The number of aliphatic carboxylic acids is 1. The quantitative estimate of drug-likeness (QED) is 0.158. The van der Waals surface area contributed by atoms with E-state index in [2.05, 4.69) is 21.3 Å². The van der Waals surface area contributed by atoms with E-state index in [9.17, 15) is 29.1 Å². The van der Waals surface area contributed by atoms with Crippen LogP contribution in [0.5, 0.6) is 0 Å². The Kier molecular flexibility index (Phi) is 12.8. The van der Waals surface area contributed by atoms with Gasteiger partial charge in [-0.3, -0.25) is 19.2 Å². The molecular formula is C33H54N4O15. The van der Waals surface area contributed by atoms with Crippen molar-refractivity contribution in [2.75, 3.05) is 14.2 Å². The SMILES string of the molecule is CO[C@H]1[C@H]2OC(C)(C)O[C@H]2O[C@@H]1[C@@H](CC(=O)O)NC(=O)[C@H](C)NC(=O)C[C@@H](NC(=O)[C@H](C)NC(=O)OC(C)(C)C)[C@H]1O[C@@H]2OC(C)(C)O[C@@H]2[C@@H]1OC. The summed E-state index contributed by atoms with van der Waals surface area (Å²) in [7, 11) is 2.84. The van der Waals surface area contributed by atoms with Gasteiger partial charge in [-0.15, -0.1) is 0 Å². The number of alkyl carbamates (subject to hydrolysis) is 1. The van der Waals surface area contributed by atoms with Crippen LogP contribution in [0.3, 0.4) is 0 Å². The molecule has 5 N–H and O–H groups in total. The first kappa shape index (κ1) is 41.6. The molecule has 19 nitrogen and oxygen atoms in total. The number of carboxylic acid groups (broad SMARTS) is 1. The molecule has 4 amide bonds. The molecule has 19 heteroatoms. The van der Waals surface area contributed by atoms with Gasteiger partial charge in [0.05, 0.1) is 18.5 Å². The van der Waals surface area contributed by atoms with Gasteiger partial charge < -0.3 is 69.0 Å². The van der Waals surface area contributed by atoms with Gasteiger partial charge in [-0.1, -0.05) is 0 Å². The fourth-order valence-electron chi connectivity index (χ4n) is 6.61. The largest absolute Gasteiger partial charge is 0.481 e. The average molecular weight is 747 g/mol. The second kappa shape index (κ2) is 16.1. The second-order valence-electron chi connectivity index (χ2n) is 15.2.